The van der Waals surface area contributed by atoms with Gasteiger partial charge >= 0.3 is 6.03 Å². The zero-order chi connectivity index (χ0) is 25.4. The Kier molecular flexibility index (Phi) is 8.72. The van der Waals surface area contributed by atoms with Gasteiger partial charge in [0, 0.05) is 52.2 Å². The minimum Gasteiger partial charge on any atom is -0.497 e. The minimum absolute atomic E-state index is 0.0526. The van der Waals surface area contributed by atoms with E-state index >= 15 is 0 Å². The van der Waals surface area contributed by atoms with E-state index in [1.807, 2.05) is 42.6 Å². The Hall–Kier alpha value is -3.23. The Morgan fingerprint density at radius 1 is 1.06 bits per heavy atom. The lowest BCUT2D eigenvalue weighted by atomic mass is 9.85. The highest BCUT2D eigenvalue weighted by atomic mass is 16.5. The van der Waals surface area contributed by atoms with Gasteiger partial charge in [0.05, 0.1) is 13.7 Å². The van der Waals surface area contributed by atoms with Crippen molar-refractivity contribution in [2.45, 2.75) is 31.2 Å². The number of hydrogen-bond donors (Lipinski definition) is 0. The number of hydrogen-bond acceptors (Lipinski definition) is 6. The van der Waals surface area contributed by atoms with Crippen molar-refractivity contribution >= 4 is 18.0 Å². The summed E-state index contributed by atoms with van der Waals surface area (Å²) in [5.41, 5.74) is 1.46. The number of carbonyl (C=O) groups excluding carboxylic acids is 2. The molecule has 0 saturated carbocycles. The Morgan fingerprint density at radius 2 is 1.83 bits per heavy atom. The van der Waals surface area contributed by atoms with Gasteiger partial charge in [0.25, 0.3) is 5.91 Å². The SMILES string of the molecule is COCCN1C(=O)N(CCCc2cccnc2)C(=O)C12CCN(CC=Cc1ccc(OC)cc1)CC2. The molecule has 1 spiro atoms. The van der Waals surface area contributed by atoms with Gasteiger partial charge in [-0.3, -0.25) is 19.6 Å². The third-order valence-corrected chi connectivity index (χ3v) is 7.18. The van der Waals surface area contributed by atoms with Crippen LogP contribution in [0.15, 0.2) is 54.9 Å². The fraction of sp³-hybridized carbons (Fsp3) is 0.464. The maximum absolute atomic E-state index is 13.6. The first kappa shape index (κ1) is 25.9. The molecule has 3 amide bonds. The number of aryl methyl sites for hydroxylation is 1. The molecule has 0 N–H and O–H groups in total. The van der Waals surface area contributed by atoms with Crippen LogP contribution in [-0.2, 0) is 16.0 Å². The molecular weight excluding hydrogens is 456 g/mol. The number of rotatable bonds is 11. The third kappa shape index (κ3) is 5.77. The monoisotopic (exact) mass is 492 g/mol. The molecule has 2 aliphatic rings. The summed E-state index contributed by atoms with van der Waals surface area (Å²) < 4.78 is 10.5. The van der Waals surface area contributed by atoms with Crippen LogP contribution in [0, 0.1) is 0 Å². The number of amides is 3. The molecule has 0 unspecified atom stereocenters. The second-order valence-electron chi connectivity index (χ2n) is 9.36. The lowest BCUT2D eigenvalue weighted by Crippen LogP contribution is -2.57. The van der Waals surface area contributed by atoms with Crippen LogP contribution in [-0.4, -0.2) is 90.7 Å². The molecule has 0 atom stereocenters. The molecule has 192 valence electrons. The molecule has 36 heavy (non-hydrogen) atoms. The molecule has 8 nitrogen and oxygen atoms in total. The molecule has 0 radical (unpaired) electrons. The number of aromatic nitrogens is 1. The van der Waals surface area contributed by atoms with Crippen molar-refractivity contribution in [2.75, 3.05) is 53.6 Å². The summed E-state index contributed by atoms with van der Waals surface area (Å²) in [6.45, 7) is 3.59. The lowest BCUT2D eigenvalue weighted by molar-refractivity contribution is -0.135. The van der Waals surface area contributed by atoms with Gasteiger partial charge in [0.1, 0.15) is 11.3 Å². The van der Waals surface area contributed by atoms with Crippen LogP contribution in [0.1, 0.15) is 30.4 Å². The average molecular weight is 493 g/mol. The number of carbonyl (C=O) groups is 2. The molecule has 2 aromatic rings. The predicted molar refractivity (Wildman–Crippen MR) is 139 cm³/mol. The Balaban J connectivity index is 1.36. The van der Waals surface area contributed by atoms with E-state index in [0.29, 0.717) is 32.5 Å². The molecular formula is C28H36N4O4. The highest BCUT2D eigenvalue weighted by molar-refractivity contribution is 6.07. The minimum atomic E-state index is -0.764. The van der Waals surface area contributed by atoms with Gasteiger partial charge in [-0.05, 0) is 55.0 Å². The number of benzene rings is 1. The summed E-state index contributed by atoms with van der Waals surface area (Å²) in [5, 5.41) is 0. The summed E-state index contributed by atoms with van der Waals surface area (Å²) in [7, 11) is 3.28. The van der Waals surface area contributed by atoms with Crippen molar-refractivity contribution in [1.29, 1.82) is 0 Å². The summed E-state index contributed by atoms with van der Waals surface area (Å²) in [5.74, 6) is 0.789. The number of urea groups is 1. The Labute approximate surface area is 213 Å². The normalized spacial score (nSPS) is 18.1. The quantitative estimate of drug-likeness (QED) is 0.447. The largest absolute Gasteiger partial charge is 0.497 e. The fourth-order valence-corrected chi connectivity index (χ4v) is 5.10. The smallest absolute Gasteiger partial charge is 0.327 e. The molecule has 2 fully saturated rings. The first-order valence-corrected chi connectivity index (χ1v) is 12.6. The molecule has 2 saturated heterocycles. The highest BCUT2D eigenvalue weighted by Gasteiger charge is 2.57. The van der Waals surface area contributed by atoms with Crippen molar-refractivity contribution in [3.05, 3.63) is 66.0 Å². The van der Waals surface area contributed by atoms with E-state index in [1.54, 1.807) is 25.3 Å². The number of likely N-dealkylation sites (tertiary alicyclic amines) is 1. The molecule has 1 aromatic carbocycles. The molecule has 3 heterocycles. The van der Waals surface area contributed by atoms with Crippen LogP contribution >= 0.6 is 0 Å². The van der Waals surface area contributed by atoms with Crippen LogP contribution in [0.2, 0.25) is 0 Å². The maximum atomic E-state index is 13.6. The van der Waals surface area contributed by atoms with E-state index in [1.165, 1.54) is 4.90 Å². The maximum Gasteiger partial charge on any atom is 0.327 e. The number of imide groups is 1. The molecule has 8 heteroatoms. The number of pyridine rings is 1. The third-order valence-electron chi connectivity index (χ3n) is 7.18. The van der Waals surface area contributed by atoms with E-state index < -0.39 is 5.54 Å². The number of piperidine rings is 1. The van der Waals surface area contributed by atoms with Crippen LogP contribution in [0.4, 0.5) is 4.79 Å². The standard InChI is InChI=1S/C28H36N4O4/c1-35-21-20-32-27(34)31(17-5-8-24-6-3-15-29-22-24)26(33)28(32)13-18-30(19-14-28)16-4-7-23-9-11-25(36-2)12-10-23/h3-4,6-7,9-12,15,22H,5,8,13-14,16-21H2,1-2H3. The first-order valence-electron chi connectivity index (χ1n) is 12.6. The average Bonchev–Trinajstić information content (AvgIpc) is 3.10. The van der Waals surface area contributed by atoms with Gasteiger partial charge in [0.2, 0.25) is 0 Å². The van der Waals surface area contributed by atoms with Crippen LogP contribution in [0.25, 0.3) is 6.08 Å². The van der Waals surface area contributed by atoms with Gasteiger partial charge in [-0.15, -0.1) is 0 Å². The number of ether oxygens (including phenoxy) is 2. The number of nitrogens with zero attached hydrogens (tertiary/aromatic N) is 4. The summed E-state index contributed by atoms with van der Waals surface area (Å²) in [6, 6.07) is 11.7. The van der Waals surface area contributed by atoms with E-state index in [2.05, 4.69) is 22.0 Å². The van der Waals surface area contributed by atoms with Gasteiger partial charge in [0.15, 0.2) is 0 Å². The van der Waals surface area contributed by atoms with Crippen molar-refractivity contribution in [2.24, 2.45) is 0 Å². The molecule has 1 aromatic heterocycles. The van der Waals surface area contributed by atoms with Crippen molar-refractivity contribution in [3.8, 4) is 5.75 Å². The first-order chi connectivity index (χ1) is 17.6. The van der Waals surface area contributed by atoms with E-state index in [-0.39, 0.29) is 11.9 Å². The van der Waals surface area contributed by atoms with Crippen LogP contribution in [0.3, 0.4) is 0 Å². The lowest BCUT2D eigenvalue weighted by Gasteiger charge is -2.42. The summed E-state index contributed by atoms with van der Waals surface area (Å²) in [4.78, 5) is 36.7. The van der Waals surface area contributed by atoms with Gasteiger partial charge in [-0.2, -0.15) is 0 Å². The molecule has 2 aliphatic heterocycles. The van der Waals surface area contributed by atoms with Crippen LogP contribution in [0.5, 0.6) is 5.75 Å². The summed E-state index contributed by atoms with van der Waals surface area (Å²) in [6.07, 6.45) is 10.6. The van der Waals surface area contributed by atoms with E-state index in [0.717, 1.165) is 49.4 Å². The zero-order valence-electron chi connectivity index (χ0n) is 21.3. The summed E-state index contributed by atoms with van der Waals surface area (Å²) >= 11 is 0. The molecule has 0 bridgehead atoms. The number of methoxy groups -OCH3 is 2. The van der Waals surface area contributed by atoms with Gasteiger partial charge < -0.3 is 14.4 Å². The van der Waals surface area contributed by atoms with Crippen molar-refractivity contribution in [1.82, 2.24) is 19.7 Å². The Morgan fingerprint density at radius 3 is 2.50 bits per heavy atom. The Bertz CT molecular complexity index is 1030. The van der Waals surface area contributed by atoms with Crippen LogP contribution < -0.4 is 4.74 Å². The predicted octanol–water partition coefficient (Wildman–Crippen LogP) is 3.48. The highest BCUT2D eigenvalue weighted by Crippen LogP contribution is 2.37. The topological polar surface area (TPSA) is 75.2 Å². The van der Waals surface area contributed by atoms with E-state index in [9.17, 15) is 9.59 Å². The van der Waals surface area contributed by atoms with E-state index in [4.69, 9.17) is 9.47 Å². The zero-order valence-corrected chi connectivity index (χ0v) is 21.3. The fourth-order valence-electron chi connectivity index (χ4n) is 5.10. The van der Waals surface area contributed by atoms with Gasteiger partial charge in [-0.25, -0.2) is 4.79 Å². The van der Waals surface area contributed by atoms with Crippen molar-refractivity contribution < 1.29 is 19.1 Å². The van der Waals surface area contributed by atoms with Crippen molar-refractivity contribution in [3.63, 3.8) is 0 Å². The second kappa shape index (κ2) is 12.1. The van der Waals surface area contributed by atoms with Gasteiger partial charge in [-0.1, -0.05) is 30.4 Å². The molecule has 0 aliphatic carbocycles. The second-order valence-corrected chi connectivity index (χ2v) is 9.36. The molecule has 4 rings (SSSR count).